The molecule has 0 fully saturated rings. The van der Waals surface area contributed by atoms with Gasteiger partial charge in [0.1, 0.15) is 5.75 Å². The summed E-state index contributed by atoms with van der Waals surface area (Å²) >= 11 is 0. The molecule has 0 aliphatic heterocycles. The molecule has 0 aliphatic carbocycles. The van der Waals surface area contributed by atoms with Gasteiger partial charge in [-0.3, -0.25) is 4.79 Å². The molecule has 0 spiro atoms. The van der Waals surface area contributed by atoms with Crippen molar-refractivity contribution in [3.63, 3.8) is 0 Å². The van der Waals surface area contributed by atoms with Crippen LogP contribution in [0.4, 0.5) is 0 Å². The zero-order valence-corrected chi connectivity index (χ0v) is 11.7. The smallest absolute Gasteiger partial charge is 0.223 e. The SMILES string of the molecule is Cc1cc(C)cc(OCCC(=O)NCCN)c1.Cl. The Bertz CT molecular complexity index is 363. The minimum Gasteiger partial charge on any atom is -0.493 e. The maximum atomic E-state index is 11.3. The first-order valence-electron chi connectivity index (χ1n) is 5.79. The molecule has 0 bridgehead atoms. The monoisotopic (exact) mass is 272 g/mol. The summed E-state index contributed by atoms with van der Waals surface area (Å²) < 4.78 is 5.53. The quantitative estimate of drug-likeness (QED) is 0.826. The Hall–Kier alpha value is -1.26. The first kappa shape index (κ1) is 16.7. The number of rotatable bonds is 6. The molecular weight excluding hydrogens is 252 g/mol. The van der Waals surface area contributed by atoms with Gasteiger partial charge < -0.3 is 15.8 Å². The number of nitrogens with two attached hydrogens (primary N) is 1. The van der Waals surface area contributed by atoms with Crippen LogP contribution in [-0.4, -0.2) is 25.6 Å². The lowest BCUT2D eigenvalue weighted by atomic mass is 10.1. The molecule has 1 aromatic rings. The van der Waals surface area contributed by atoms with Crippen molar-refractivity contribution in [1.29, 1.82) is 0 Å². The molecule has 3 N–H and O–H groups in total. The van der Waals surface area contributed by atoms with Crippen LogP contribution in [0.25, 0.3) is 0 Å². The van der Waals surface area contributed by atoms with E-state index in [9.17, 15) is 4.79 Å². The molecule has 0 saturated heterocycles. The number of halogens is 1. The minimum absolute atomic E-state index is 0. The zero-order valence-electron chi connectivity index (χ0n) is 10.9. The molecule has 0 saturated carbocycles. The fraction of sp³-hybridized carbons (Fsp3) is 0.462. The Morgan fingerprint density at radius 2 is 1.89 bits per heavy atom. The molecule has 18 heavy (non-hydrogen) atoms. The molecule has 0 unspecified atom stereocenters. The Kier molecular flexibility index (Phi) is 8.16. The average molecular weight is 273 g/mol. The second kappa shape index (κ2) is 8.78. The Labute approximate surface area is 114 Å². The van der Waals surface area contributed by atoms with E-state index in [1.54, 1.807) is 0 Å². The van der Waals surface area contributed by atoms with E-state index in [4.69, 9.17) is 10.5 Å². The van der Waals surface area contributed by atoms with E-state index in [1.165, 1.54) is 0 Å². The minimum atomic E-state index is -0.0279. The van der Waals surface area contributed by atoms with Gasteiger partial charge in [-0.25, -0.2) is 0 Å². The third-order valence-electron chi connectivity index (χ3n) is 2.26. The fourth-order valence-corrected chi connectivity index (χ4v) is 1.58. The predicted molar refractivity (Wildman–Crippen MR) is 75.3 cm³/mol. The maximum Gasteiger partial charge on any atom is 0.223 e. The summed E-state index contributed by atoms with van der Waals surface area (Å²) in [5, 5.41) is 2.70. The number of carbonyl (C=O) groups is 1. The molecule has 0 heterocycles. The number of carbonyl (C=O) groups excluding carboxylic acids is 1. The lowest BCUT2D eigenvalue weighted by Crippen LogP contribution is -2.29. The number of hydrogen-bond donors (Lipinski definition) is 2. The maximum absolute atomic E-state index is 11.3. The van der Waals surface area contributed by atoms with Crippen LogP contribution in [0.2, 0.25) is 0 Å². The summed E-state index contributed by atoms with van der Waals surface area (Å²) in [7, 11) is 0. The van der Waals surface area contributed by atoms with Crippen LogP contribution in [0, 0.1) is 13.8 Å². The highest BCUT2D eigenvalue weighted by atomic mass is 35.5. The van der Waals surface area contributed by atoms with Crippen molar-refractivity contribution in [1.82, 2.24) is 5.32 Å². The van der Waals surface area contributed by atoms with Crippen molar-refractivity contribution in [3.05, 3.63) is 29.3 Å². The summed E-state index contributed by atoms with van der Waals surface area (Å²) in [5.74, 6) is 0.786. The zero-order chi connectivity index (χ0) is 12.7. The largest absolute Gasteiger partial charge is 0.493 e. The van der Waals surface area contributed by atoms with Crippen LogP contribution in [0.15, 0.2) is 18.2 Å². The van der Waals surface area contributed by atoms with Crippen LogP contribution in [0.5, 0.6) is 5.75 Å². The normalized spacial score (nSPS) is 9.50. The first-order chi connectivity index (χ1) is 8.11. The van der Waals surface area contributed by atoms with E-state index in [0.29, 0.717) is 26.1 Å². The van der Waals surface area contributed by atoms with Crippen molar-refractivity contribution in [2.45, 2.75) is 20.3 Å². The molecule has 0 atom stereocenters. The molecule has 4 nitrogen and oxygen atoms in total. The van der Waals surface area contributed by atoms with Gasteiger partial charge in [0.2, 0.25) is 5.91 Å². The lowest BCUT2D eigenvalue weighted by molar-refractivity contribution is -0.121. The van der Waals surface area contributed by atoms with Gasteiger partial charge in [-0.15, -0.1) is 12.4 Å². The fourth-order valence-electron chi connectivity index (χ4n) is 1.58. The van der Waals surface area contributed by atoms with Crippen LogP contribution >= 0.6 is 12.4 Å². The van der Waals surface area contributed by atoms with Gasteiger partial charge in [0.05, 0.1) is 13.0 Å². The van der Waals surface area contributed by atoms with Gasteiger partial charge in [0.15, 0.2) is 0 Å². The molecule has 0 aliphatic rings. The first-order valence-corrected chi connectivity index (χ1v) is 5.79. The topological polar surface area (TPSA) is 64.3 Å². The summed E-state index contributed by atoms with van der Waals surface area (Å²) in [5.41, 5.74) is 7.60. The van der Waals surface area contributed by atoms with E-state index in [-0.39, 0.29) is 18.3 Å². The Morgan fingerprint density at radius 3 is 2.44 bits per heavy atom. The molecule has 0 radical (unpaired) electrons. The summed E-state index contributed by atoms with van der Waals surface area (Å²) in [6, 6.07) is 6.01. The van der Waals surface area contributed by atoms with Gasteiger partial charge in [-0.2, -0.15) is 0 Å². The lowest BCUT2D eigenvalue weighted by Gasteiger charge is -2.08. The van der Waals surface area contributed by atoms with Crippen LogP contribution in [0.1, 0.15) is 17.5 Å². The van der Waals surface area contributed by atoms with Crippen molar-refractivity contribution >= 4 is 18.3 Å². The Balaban J connectivity index is 0.00000289. The predicted octanol–water partition coefficient (Wildman–Crippen LogP) is 1.57. The van der Waals surface area contributed by atoms with Crippen molar-refractivity contribution in [2.24, 2.45) is 5.73 Å². The molecule has 1 amide bonds. The highest BCUT2D eigenvalue weighted by Crippen LogP contribution is 2.16. The number of benzene rings is 1. The number of amides is 1. The number of aryl methyl sites for hydroxylation is 2. The highest BCUT2D eigenvalue weighted by Gasteiger charge is 2.01. The number of ether oxygens (including phenoxy) is 1. The van der Waals surface area contributed by atoms with Gasteiger partial charge in [-0.05, 0) is 37.1 Å². The molecule has 1 rings (SSSR count). The van der Waals surface area contributed by atoms with Crippen molar-refractivity contribution in [2.75, 3.05) is 19.7 Å². The van der Waals surface area contributed by atoms with Crippen LogP contribution in [-0.2, 0) is 4.79 Å². The van der Waals surface area contributed by atoms with E-state index in [0.717, 1.165) is 16.9 Å². The summed E-state index contributed by atoms with van der Waals surface area (Å²) in [6.45, 7) is 5.41. The number of nitrogens with one attached hydrogen (secondary N) is 1. The molecule has 0 aromatic heterocycles. The average Bonchev–Trinajstić information content (AvgIpc) is 2.25. The summed E-state index contributed by atoms with van der Waals surface area (Å²) in [6.07, 6.45) is 0.354. The third-order valence-corrected chi connectivity index (χ3v) is 2.26. The standard InChI is InChI=1S/C13H20N2O2.ClH/c1-10-7-11(2)9-12(8-10)17-6-3-13(16)15-5-4-14;/h7-9H,3-6,14H2,1-2H3,(H,15,16);1H. The second-order valence-corrected chi connectivity index (χ2v) is 4.06. The van der Waals surface area contributed by atoms with Gasteiger partial charge in [-0.1, -0.05) is 6.07 Å². The van der Waals surface area contributed by atoms with E-state index in [1.807, 2.05) is 26.0 Å². The van der Waals surface area contributed by atoms with Gasteiger partial charge in [0.25, 0.3) is 0 Å². The molecule has 1 aromatic carbocycles. The highest BCUT2D eigenvalue weighted by molar-refractivity contribution is 5.85. The van der Waals surface area contributed by atoms with Crippen LogP contribution < -0.4 is 15.8 Å². The third kappa shape index (κ3) is 6.47. The van der Waals surface area contributed by atoms with Gasteiger partial charge >= 0.3 is 0 Å². The van der Waals surface area contributed by atoms with E-state index in [2.05, 4.69) is 11.4 Å². The van der Waals surface area contributed by atoms with Crippen molar-refractivity contribution in [3.8, 4) is 5.75 Å². The van der Waals surface area contributed by atoms with E-state index >= 15 is 0 Å². The summed E-state index contributed by atoms with van der Waals surface area (Å²) in [4.78, 5) is 11.3. The molecule has 102 valence electrons. The second-order valence-electron chi connectivity index (χ2n) is 4.06. The van der Waals surface area contributed by atoms with Crippen molar-refractivity contribution < 1.29 is 9.53 Å². The van der Waals surface area contributed by atoms with Gasteiger partial charge in [0, 0.05) is 13.1 Å². The van der Waals surface area contributed by atoms with E-state index < -0.39 is 0 Å². The Morgan fingerprint density at radius 1 is 1.28 bits per heavy atom. The number of hydrogen-bond acceptors (Lipinski definition) is 3. The van der Waals surface area contributed by atoms with Crippen LogP contribution in [0.3, 0.4) is 0 Å². The molecular formula is C13H21ClN2O2. The molecule has 5 heteroatoms.